The van der Waals surface area contributed by atoms with E-state index in [2.05, 4.69) is 40.8 Å². The van der Waals surface area contributed by atoms with E-state index in [0.29, 0.717) is 13.2 Å². The van der Waals surface area contributed by atoms with E-state index in [1.165, 1.54) is 16.5 Å². The van der Waals surface area contributed by atoms with Gasteiger partial charge in [-0.15, -0.1) is 0 Å². The zero-order valence-electron chi connectivity index (χ0n) is 12.7. The second kappa shape index (κ2) is 5.43. The molecule has 2 aliphatic rings. The molecule has 0 unspecified atom stereocenters. The third-order valence-corrected chi connectivity index (χ3v) is 5.21. The van der Waals surface area contributed by atoms with Crippen LogP contribution in [0.3, 0.4) is 0 Å². The molecule has 1 saturated carbocycles. The average molecular weight is 298 g/mol. The monoisotopic (exact) mass is 298 g/mol. The zero-order valence-corrected chi connectivity index (χ0v) is 12.7. The summed E-state index contributed by atoms with van der Waals surface area (Å²) in [6.07, 6.45) is 6.14. The van der Waals surface area contributed by atoms with Crippen LogP contribution < -0.4 is 5.32 Å². The van der Waals surface area contributed by atoms with Gasteiger partial charge in [-0.25, -0.2) is 0 Å². The molecule has 4 heteroatoms. The first-order chi connectivity index (χ1) is 10.8. The number of amides is 1. The molecule has 22 heavy (non-hydrogen) atoms. The average Bonchev–Trinajstić information content (AvgIpc) is 3.24. The molecule has 1 aliphatic heterocycles. The fourth-order valence-corrected chi connectivity index (χ4v) is 3.56. The summed E-state index contributed by atoms with van der Waals surface area (Å²) >= 11 is 0. The fraction of sp³-hybridized carbons (Fsp3) is 0.500. The maximum atomic E-state index is 12.3. The van der Waals surface area contributed by atoms with Crippen molar-refractivity contribution in [3.05, 3.63) is 36.0 Å². The van der Waals surface area contributed by atoms with E-state index in [4.69, 9.17) is 4.74 Å². The van der Waals surface area contributed by atoms with Gasteiger partial charge in [0.05, 0.1) is 0 Å². The molecule has 2 heterocycles. The molecule has 2 aromatic rings. The number of nitrogens with one attached hydrogen (secondary N) is 2. The Hall–Kier alpha value is -1.81. The Kier molecular flexibility index (Phi) is 3.41. The second-order valence-corrected chi connectivity index (χ2v) is 6.63. The predicted octanol–water partition coefficient (Wildman–Crippen LogP) is 2.74. The number of hydrogen-bond acceptors (Lipinski definition) is 2. The lowest BCUT2D eigenvalue weighted by molar-refractivity contribution is -0.127. The summed E-state index contributed by atoms with van der Waals surface area (Å²) in [4.78, 5) is 15.7. The smallest absolute Gasteiger partial charge is 0.223 e. The molecular weight excluding hydrogens is 276 g/mol. The van der Waals surface area contributed by atoms with Gasteiger partial charge in [-0.3, -0.25) is 4.79 Å². The third-order valence-electron chi connectivity index (χ3n) is 5.21. The summed E-state index contributed by atoms with van der Waals surface area (Å²) in [7, 11) is 0. The molecule has 2 fully saturated rings. The standard InChI is InChI=1S/C18H22N2O2/c21-17(13-5-9-22-10-6-13)20-12-18(7-8-18)15-11-19-16-4-2-1-3-14(15)16/h1-4,11,13,19H,5-10,12H2,(H,20,21). The van der Waals surface area contributed by atoms with E-state index in [0.717, 1.165) is 32.2 Å². The van der Waals surface area contributed by atoms with Gasteiger partial charge >= 0.3 is 0 Å². The summed E-state index contributed by atoms with van der Waals surface area (Å²) in [5.74, 6) is 0.335. The van der Waals surface area contributed by atoms with Crippen LogP contribution in [0.1, 0.15) is 31.2 Å². The maximum Gasteiger partial charge on any atom is 0.223 e. The van der Waals surface area contributed by atoms with E-state index < -0.39 is 0 Å². The number of fused-ring (bicyclic) bond motifs is 1. The first-order valence-corrected chi connectivity index (χ1v) is 8.21. The minimum absolute atomic E-state index is 0.132. The van der Waals surface area contributed by atoms with Gasteiger partial charge < -0.3 is 15.0 Å². The minimum Gasteiger partial charge on any atom is -0.381 e. The van der Waals surface area contributed by atoms with E-state index in [9.17, 15) is 4.79 Å². The molecule has 1 aromatic carbocycles. The number of carbonyl (C=O) groups excluding carboxylic acids is 1. The third kappa shape index (κ3) is 2.41. The molecule has 1 amide bonds. The molecule has 116 valence electrons. The topological polar surface area (TPSA) is 54.1 Å². The van der Waals surface area contributed by atoms with E-state index in [1.807, 2.05) is 0 Å². The Bertz CT molecular complexity index is 681. The second-order valence-electron chi connectivity index (χ2n) is 6.63. The van der Waals surface area contributed by atoms with Crippen molar-refractivity contribution in [2.45, 2.75) is 31.1 Å². The van der Waals surface area contributed by atoms with Gasteiger partial charge in [0.15, 0.2) is 0 Å². The summed E-state index contributed by atoms with van der Waals surface area (Å²) < 4.78 is 5.33. The van der Waals surface area contributed by atoms with Crippen molar-refractivity contribution in [3.8, 4) is 0 Å². The van der Waals surface area contributed by atoms with E-state index in [1.54, 1.807) is 0 Å². The number of ether oxygens (including phenoxy) is 1. The highest BCUT2D eigenvalue weighted by Crippen LogP contribution is 2.49. The highest BCUT2D eigenvalue weighted by Gasteiger charge is 2.46. The van der Waals surface area contributed by atoms with Gasteiger partial charge in [0, 0.05) is 48.2 Å². The Labute approximate surface area is 130 Å². The molecule has 4 nitrogen and oxygen atoms in total. The van der Waals surface area contributed by atoms with Crippen LogP contribution in [-0.2, 0) is 14.9 Å². The molecule has 0 radical (unpaired) electrons. The van der Waals surface area contributed by atoms with Gasteiger partial charge in [0.2, 0.25) is 5.91 Å². The Morgan fingerprint density at radius 1 is 1.27 bits per heavy atom. The number of H-pyrrole nitrogens is 1. The predicted molar refractivity (Wildman–Crippen MR) is 85.8 cm³/mol. The number of aromatic amines is 1. The van der Waals surface area contributed by atoms with Crippen LogP contribution >= 0.6 is 0 Å². The first-order valence-electron chi connectivity index (χ1n) is 8.21. The number of para-hydroxylation sites is 1. The lowest BCUT2D eigenvalue weighted by Crippen LogP contribution is -2.38. The number of benzene rings is 1. The summed E-state index contributed by atoms with van der Waals surface area (Å²) in [5.41, 5.74) is 2.68. The molecule has 2 N–H and O–H groups in total. The molecular formula is C18H22N2O2. The quantitative estimate of drug-likeness (QED) is 0.912. The highest BCUT2D eigenvalue weighted by molar-refractivity contribution is 5.85. The number of aromatic nitrogens is 1. The highest BCUT2D eigenvalue weighted by atomic mass is 16.5. The summed E-state index contributed by atoms with van der Waals surface area (Å²) in [6, 6.07) is 8.41. The summed E-state index contributed by atoms with van der Waals surface area (Å²) in [6.45, 7) is 2.18. The number of rotatable bonds is 4. The van der Waals surface area contributed by atoms with Crippen molar-refractivity contribution in [1.29, 1.82) is 0 Å². The number of hydrogen-bond donors (Lipinski definition) is 2. The molecule has 1 saturated heterocycles. The SMILES string of the molecule is O=C(NCC1(c2c[nH]c3ccccc23)CC1)C1CCOCC1. The Morgan fingerprint density at radius 3 is 2.82 bits per heavy atom. The zero-order chi connectivity index (χ0) is 15.0. The molecule has 1 aromatic heterocycles. The Balaban J connectivity index is 1.47. The lowest BCUT2D eigenvalue weighted by Gasteiger charge is -2.23. The van der Waals surface area contributed by atoms with E-state index >= 15 is 0 Å². The Morgan fingerprint density at radius 2 is 2.05 bits per heavy atom. The summed E-state index contributed by atoms with van der Waals surface area (Å²) in [5, 5.41) is 4.49. The van der Waals surface area contributed by atoms with Crippen molar-refractivity contribution in [3.63, 3.8) is 0 Å². The van der Waals surface area contributed by atoms with Crippen LogP contribution in [0.4, 0.5) is 0 Å². The molecule has 0 atom stereocenters. The largest absolute Gasteiger partial charge is 0.381 e. The first kappa shape index (κ1) is 13.8. The van der Waals surface area contributed by atoms with Crippen molar-refractivity contribution in [1.82, 2.24) is 10.3 Å². The van der Waals surface area contributed by atoms with Crippen molar-refractivity contribution >= 4 is 16.8 Å². The van der Waals surface area contributed by atoms with Crippen LogP contribution in [0, 0.1) is 5.92 Å². The van der Waals surface area contributed by atoms with Crippen LogP contribution in [0.15, 0.2) is 30.5 Å². The maximum absolute atomic E-state index is 12.3. The van der Waals surface area contributed by atoms with Crippen molar-refractivity contribution in [2.75, 3.05) is 19.8 Å². The fourth-order valence-electron chi connectivity index (χ4n) is 3.56. The lowest BCUT2D eigenvalue weighted by atomic mass is 9.94. The van der Waals surface area contributed by atoms with Crippen molar-refractivity contribution < 1.29 is 9.53 Å². The minimum atomic E-state index is 0.132. The van der Waals surface area contributed by atoms with Gasteiger partial charge in [-0.05, 0) is 37.3 Å². The van der Waals surface area contributed by atoms with Gasteiger partial charge in [-0.2, -0.15) is 0 Å². The molecule has 0 bridgehead atoms. The molecule has 4 rings (SSSR count). The molecule has 1 aliphatic carbocycles. The van der Waals surface area contributed by atoms with Crippen LogP contribution in [0.2, 0.25) is 0 Å². The van der Waals surface area contributed by atoms with Gasteiger partial charge in [0.25, 0.3) is 0 Å². The van der Waals surface area contributed by atoms with Crippen LogP contribution in [0.5, 0.6) is 0 Å². The van der Waals surface area contributed by atoms with E-state index in [-0.39, 0.29) is 17.2 Å². The van der Waals surface area contributed by atoms with Crippen molar-refractivity contribution in [2.24, 2.45) is 5.92 Å². The van der Waals surface area contributed by atoms with Gasteiger partial charge in [-0.1, -0.05) is 18.2 Å². The van der Waals surface area contributed by atoms with Crippen LogP contribution in [0.25, 0.3) is 10.9 Å². The number of carbonyl (C=O) groups is 1. The normalized spacial score (nSPS) is 20.9. The van der Waals surface area contributed by atoms with Crippen LogP contribution in [-0.4, -0.2) is 30.6 Å². The molecule has 0 spiro atoms. The van der Waals surface area contributed by atoms with Gasteiger partial charge in [0.1, 0.15) is 0 Å².